The molecule has 24 heavy (non-hydrogen) atoms. The Morgan fingerprint density at radius 1 is 1.25 bits per heavy atom. The van der Waals surface area contributed by atoms with Crippen LogP contribution in [0.4, 0.5) is 0 Å². The lowest BCUT2D eigenvalue weighted by atomic mass is 9.99. The number of amides is 1. The average Bonchev–Trinajstić information content (AvgIpc) is 2.96. The molecule has 132 valence electrons. The van der Waals surface area contributed by atoms with E-state index in [1.165, 1.54) is 5.56 Å². The molecule has 1 aliphatic rings. The molecule has 1 fully saturated rings. The molecule has 0 aromatic heterocycles. The maximum absolute atomic E-state index is 12.5. The number of aliphatic carboxylic acids is 1. The van der Waals surface area contributed by atoms with Crippen molar-refractivity contribution in [2.24, 2.45) is 11.8 Å². The Morgan fingerprint density at radius 3 is 2.38 bits per heavy atom. The van der Waals surface area contributed by atoms with Gasteiger partial charge in [-0.05, 0) is 37.3 Å². The van der Waals surface area contributed by atoms with Crippen molar-refractivity contribution < 1.29 is 14.7 Å². The van der Waals surface area contributed by atoms with Crippen LogP contribution >= 0.6 is 0 Å². The molecule has 2 rings (SSSR count). The number of rotatable bonds is 6. The minimum Gasteiger partial charge on any atom is -0.481 e. The number of hydrogen-bond donors (Lipinski definition) is 2. The van der Waals surface area contributed by atoms with Crippen LogP contribution in [0.3, 0.4) is 0 Å². The number of carboxylic acid groups (broad SMARTS) is 1. The highest BCUT2D eigenvalue weighted by Crippen LogP contribution is 2.25. The van der Waals surface area contributed by atoms with E-state index in [1.54, 1.807) is 0 Å². The zero-order valence-corrected chi connectivity index (χ0v) is 15.0. The van der Waals surface area contributed by atoms with Gasteiger partial charge in [0.2, 0.25) is 5.91 Å². The second-order valence-corrected chi connectivity index (χ2v) is 6.88. The standard InChI is InChI=1S/C19H28N2O3/c1-5-15-6-8-16(9-7-15)13(3)20-18(22)14(4)21-10-12(2)17(11-21)19(23)24/h6-9,12-14,17H,5,10-11H2,1-4H3,(H,20,22)(H,23,24)/t12-,13?,14?,17-/m1/s1. The molecule has 1 amide bonds. The van der Waals surface area contributed by atoms with E-state index in [0.29, 0.717) is 13.1 Å². The molecule has 0 radical (unpaired) electrons. The first kappa shape index (κ1) is 18.5. The third kappa shape index (κ3) is 4.15. The van der Waals surface area contributed by atoms with E-state index in [2.05, 4.69) is 24.4 Å². The summed E-state index contributed by atoms with van der Waals surface area (Å²) in [7, 11) is 0. The Kier molecular flexibility index (Phi) is 5.99. The highest BCUT2D eigenvalue weighted by molar-refractivity contribution is 5.82. The maximum Gasteiger partial charge on any atom is 0.308 e. The molecule has 4 atom stereocenters. The number of benzene rings is 1. The van der Waals surface area contributed by atoms with Gasteiger partial charge >= 0.3 is 5.97 Å². The first-order chi connectivity index (χ1) is 11.3. The summed E-state index contributed by atoms with van der Waals surface area (Å²) in [6.45, 7) is 8.94. The number of aryl methyl sites for hydroxylation is 1. The number of carboxylic acids is 1. The maximum atomic E-state index is 12.5. The molecule has 2 unspecified atom stereocenters. The smallest absolute Gasteiger partial charge is 0.308 e. The summed E-state index contributed by atoms with van der Waals surface area (Å²) in [6.07, 6.45) is 0.996. The van der Waals surface area contributed by atoms with Gasteiger partial charge in [-0.15, -0.1) is 0 Å². The largest absolute Gasteiger partial charge is 0.481 e. The lowest BCUT2D eigenvalue weighted by Crippen LogP contribution is -2.45. The molecular formula is C19H28N2O3. The zero-order valence-electron chi connectivity index (χ0n) is 15.0. The first-order valence-electron chi connectivity index (χ1n) is 8.69. The van der Waals surface area contributed by atoms with Crippen LogP contribution in [0.5, 0.6) is 0 Å². The molecule has 1 saturated heterocycles. The van der Waals surface area contributed by atoms with Crippen molar-refractivity contribution >= 4 is 11.9 Å². The Labute approximate surface area is 144 Å². The van der Waals surface area contributed by atoms with Crippen LogP contribution in [0.1, 0.15) is 44.9 Å². The topological polar surface area (TPSA) is 69.6 Å². The molecule has 0 aliphatic carbocycles. The van der Waals surface area contributed by atoms with E-state index in [-0.39, 0.29) is 29.8 Å². The van der Waals surface area contributed by atoms with Crippen molar-refractivity contribution in [3.8, 4) is 0 Å². The molecule has 2 N–H and O–H groups in total. The van der Waals surface area contributed by atoms with E-state index in [0.717, 1.165) is 12.0 Å². The van der Waals surface area contributed by atoms with Crippen LogP contribution in [-0.2, 0) is 16.0 Å². The van der Waals surface area contributed by atoms with Crippen molar-refractivity contribution in [2.45, 2.75) is 46.2 Å². The number of hydrogen-bond acceptors (Lipinski definition) is 3. The normalized spacial score (nSPS) is 23.7. The van der Waals surface area contributed by atoms with Gasteiger partial charge in [-0.2, -0.15) is 0 Å². The molecule has 1 heterocycles. The van der Waals surface area contributed by atoms with Gasteiger partial charge in [0.05, 0.1) is 18.0 Å². The Bertz CT molecular complexity index is 585. The fraction of sp³-hybridized carbons (Fsp3) is 0.579. The van der Waals surface area contributed by atoms with Crippen molar-refractivity contribution in [1.29, 1.82) is 0 Å². The van der Waals surface area contributed by atoms with Gasteiger partial charge in [0.1, 0.15) is 0 Å². The van der Waals surface area contributed by atoms with Crippen LogP contribution in [0.2, 0.25) is 0 Å². The molecule has 1 aromatic rings. The summed E-state index contributed by atoms with van der Waals surface area (Å²) in [5.74, 6) is -1.15. The third-order valence-corrected chi connectivity index (χ3v) is 5.13. The van der Waals surface area contributed by atoms with Crippen LogP contribution in [0.25, 0.3) is 0 Å². The Balaban J connectivity index is 1.94. The lowest BCUT2D eigenvalue weighted by molar-refractivity contribution is -0.142. The number of likely N-dealkylation sites (tertiary alicyclic amines) is 1. The van der Waals surface area contributed by atoms with Gasteiger partial charge in [0.25, 0.3) is 0 Å². The second-order valence-electron chi connectivity index (χ2n) is 6.88. The third-order valence-electron chi connectivity index (χ3n) is 5.13. The van der Waals surface area contributed by atoms with Crippen LogP contribution in [0, 0.1) is 11.8 Å². The second kappa shape index (κ2) is 7.79. The highest BCUT2D eigenvalue weighted by Gasteiger charge is 2.38. The van der Waals surface area contributed by atoms with Gasteiger partial charge in [0, 0.05) is 13.1 Å². The zero-order chi connectivity index (χ0) is 17.9. The molecule has 0 spiro atoms. The van der Waals surface area contributed by atoms with E-state index < -0.39 is 5.97 Å². The van der Waals surface area contributed by atoms with Gasteiger partial charge in [-0.3, -0.25) is 14.5 Å². The number of nitrogens with zero attached hydrogens (tertiary/aromatic N) is 1. The van der Waals surface area contributed by atoms with Crippen LogP contribution in [0.15, 0.2) is 24.3 Å². The van der Waals surface area contributed by atoms with E-state index in [1.807, 2.05) is 37.8 Å². The Morgan fingerprint density at radius 2 is 1.88 bits per heavy atom. The minimum absolute atomic E-state index is 0.0553. The van der Waals surface area contributed by atoms with Crippen molar-refractivity contribution in [3.05, 3.63) is 35.4 Å². The molecule has 1 aromatic carbocycles. The summed E-state index contributed by atoms with van der Waals surface area (Å²) in [6, 6.07) is 7.87. The van der Waals surface area contributed by atoms with Crippen molar-refractivity contribution in [2.75, 3.05) is 13.1 Å². The molecule has 0 bridgehead atoms. The van der Waals surface area contributed by atoms with Gasteiger partial charge < -0.3 is 10.4 Å². The fourth-order valence-corrected chi connectivity index (χ4v) is 3.27. The minimum atomic E-state index is -0.776. The molecular weight excluding hydrogens is 304 g/mol. The fourth-order valence-electron chi connectivity index (χ4n) is 3.27. The van der Waals surface area contributed by atoms with E-state index in [9.17, 15) is 14.7 Å². The quantitative estimate of drug-likeness (QED) is 0.839. The van der Waals surface area contributed by atoms with E-state index in [4.69, 9.17) is 0 Å². The summed E-state index contributed by atoms with van der Waals surface area (Å²) >= 11 is 0. The molecule has 5 nitrogen and oxygen atoms in total. The summed E-state index contributed by atoms with van der Waals surface area (Å²) in [4.78, 5) is 25.7. The summed E-state index contributed by atoms with van der Waals surface area (Å²) < 4.78 is 0. The summed E-state index contributed by atoms with van der Waals surface area (Å²) in [5.41, 5.74) is 2.35. The predicted molar refractivity (Wildman–Crippen MR) is 93.7 cm³/mol. The highest BCUT2D eigenvalue weighted by atomic mass is 16.4. The van der Waals surface area contributed by atoms with Crippen LogP contribution in [-0.4, -0.2) is 41.0 Å². The Hall–Kier alpha value is -1.88. The van der Waals surface area contributed by atoms with Gasteiger partial charge in [-0.25, -0.2) is 0 Å². The molecule has 5 heteroatoms. The molecule has 1 aliphatic heterocycles. The SMILES string of the molecule is CCc1ccc(C(C)NC(=O)C(C)N2C[C@@H](C)[C@H](C(=O)O)C2)cc1. The summed E-state index contributed by atoms with van der Waals surface area (Å²) in [5, 5.41) is 12.3. The monoisotopic (exact) mass is 332 g/mol. The molecule has 0 saturated carbocycles. The van der Waals surface area contributed by atoms with E-state index >= 15 is 0 Å². The number of carbonyl (C=O) groups excluding carboxylic acids is 1. The predicted octanol–water partition coefficient (Wildman–Crippen LogP) is 2.47. The van der Waals surface area contributed by atoms with Crippen molar-refractivity contribution in [1.82, 2.24) is 10.2 Å². The van der Waals surface area contributed by atoms with Crippen molar-refractivity contribution in [3.63, 3.8) is 0 Å². The van der Waals surface area contributed by atoms with Gasteiger partial charge in [-0.1, -0.05) is 38.1 Å². The van der Waals surface area contributed by atoms with Gasteiger partial charge in [0.15, 0.2) is 0 Å². The number of carbonyl (C=O) groups is 2. The lowest BCUT2D eigenvalue weighted by Gasteiger charge is -2.25. The first-order valence-corrected chi connectivity index (χ1v) is 8.69. The average molecular weight is 332 g/mol. The number of nitrogens with one attached hydrogen (secondary N) is 1. The van der Waals surface area contributed by atoms with Crippen LogP contribution < -0.4 is 5.32 Å².